The van der Waals surface area contributed by atoms with E-state index in [9.17, 15) is 13.6 Å². The standard InChI is InChI=1S/C26H22F2N4O3/c1-16-23(26(33)30-11-17-7-19(27)9-20(28)8-17)3-2-4-25(16)35-22-5-6-29-24(10-22)18-12-31-32(13-18)21-14-34-15-21/h2-10,12-13,21H,11,14-15H2,1H3,(H,30,33). The van der Waals surface area contributed by atoms with Crippen molar-refractivity contribution in [2.24, 2.45) is 0 Å². The number of benzene rings is 2. The maximum Gasteiger partial charge on any atom is 0.251 e. The highest BCUT2D eigenvalue weighted by Crippen LogP contribution is 2.30. The van der Waals surface area contributed by atoms with Gasteiger partial charge in [0.25, 0.3) is 5.91 Å². The maximum absolute atomic E-state index is 13.4. The van der Waals surface area contributed by atoms with Crippen LogP contribution in [0.25, 0.3) is 11.3 Å². The second-order valence-corrected chi connectivity index (χ2v) is 8.27. The zero-order chi connectivity index (χ0) is 24.4. The first-order chi connectivity index (χ1) is 17.0. The molecule has 0 bridgehead atoms. The van der Waals surface area contributed by atoms with Crippen LogP contribution in [0, 0.1) is 18.6 Å². The van der Waals surface area contributed by atoms with Gasteiger partial charge in [0, 0.05) is 47.8 Å². The molecule has 1 saturated heterocycles. The lowest BCUT2D eigenvalue weighted by Crippen LogP contribution is -2.30. The van der Waals surface area contributed by atoms with E-state index in [0.29, 0.717) is 47.1 Å². The minimum Gasteiger partial charge on any atom is -0.457 e. The monoisotopic (exact) mass is 476 g/mol. The minimum absolute atomic E-state index is 0.00752. The van der Waals surface area contributed by atoms with Crippen molar-refractivity contribution in [2.75, 3.05) is 13.2 Å². The zero-order valence-corrected chi connectivity index (χ0v) is 18.9. The second-order valence-electron chi connectivity index (χ2n) is 8.27. The fraction of sp³-hybridized carbons (Fsp3) is 0.192. The van der Waals surface area contributed by atoms with Gasteiger partial charge in [-0.05, 0) is 42.8 Å². The van der Waals surface area contributed by atoms with Gasteiger partial charge in [-0.2, -0.15) is 5.10 Å². The lowest BCUT2D eigenvalue weighted by molar-refractivity contribution is -0.0286. The summed E-state index contributed by atoms with van der Waals surface area (Å²) < 4.78 is 40.0. The van der Waals surface area contributed by atoms with Crippen molar-refractivity contribution in [1.82, 2.24) is 20.1 Å². The summed E-state index contributed by atoms with van der Waals surface area (Å²) >= 11 is 0. The lowest BCUT2D eigenvalue weighted by Gasteiger charge is -2.25. The highest BCUT2D eigenvalue weighted by Gasteiger charge is 2.21. The summed E-state index contributed by atoms with van der Waals surface area (Å²) in [5.41, 5.74) is 2.94. The molecule has 9 heteroatoms. The van der Waals surface area contributed by atoms with Crippen LogP contribution in [0.3, 0.4) is 0 Å². The molecule has 0 radical (unpaired) electrons. The Morgan fingerprint density at radius 2 is 1.97 bits per heavy atom. The Kier molecular flexibility index (Phi) is 6.24. The van der Waals surface area contributed by atoms with Crippen LogP contribution in [0.5, 0.6) is 11.5 Å². The van der Waals surface area contributed by atoms with Gasteiger partial charge in [0.2, 0.25) is 0 Å². The maximum atomic E-state index is 13.4. The number of hydrogen-bond donors (Lipinski definition) is 1. The van der Waals surface area contributed by atoms with E-state index in [-0.39, 0.29) is 18.5 Å². The van der Waals surface area contributed by atoms with Crippen molar-refractivity contribution in [3.8, 4) is 22.8 Å². The molecule has 0 spiro atoms. The molecule has 1 fully saturated rings. The second kappa shape index (κ2) is 9.63. The number of halogens is 2. The van der Waals surface area contributed by atoms with Gasteiger partial charge in [-0.1, -0.05) is 6.07 Å². The van der Waals surface area contributed by atoms with Gasteiger partial charge < -0.3 is 14.8 Å². The highest BCUT2D eigenvalue weighted by molar-refractivity contribution is 5.96. The number of carbonyl (C=O) groups excluding carboxylic acids is 1. The zero-order valence-electron chi connectivity index (χ0n) is 18.9. The van der Waals surface area contributed by atoms with Crippen molar-refractivity contribution in [2.45, 2.75) is 19.5 Å². The molecule has 3 heterocycles. The van der Waals surface area contributed by atoms with Crippen LogP contribution in [0.1, 0.15) is 27.5 Å². The van der Waals surface area contributed by atoms with Gasteiger partial charge in [0.1, 0.15) is 23.1 Å². The summed E-state index contributed by atoms with van der Waals surface area (Å²) in [4.78, 5) is 17.2. The first kappa shape index (κ1) is 22.7. The van der Waals surface area contributed by atoms with Crippen molar-refractivity contribution >= 4 is 5.91 Å². The van der Waals surface area contributed by atoms with Crippen LogP contribution in [0.15, 0.2) is 67.1 Å². The first-order valence-corrected chi connectivity index (χ1v) is 11.1. The molecule has 5 rings (SSSR count). The Hall–Kier alpha value is -4.11. The molecule has 0 aliphatic carbocycles. The third-order valence-electron chi connectivity index (χ3n) is 5.76. The number of nitrogens with one attached hydrogen (secondary N) is 1. The molecule has 0 saturated carbocycles. The average Bonchev–Trinajstić information content (AvgIpc) is 3.27. The number of nitrogens with zero attached hydrogens (tertiary/aromatic N) is 3. The predicted octanol–water partition coefficient (Wildman–Crippen LogP) is 4.83. The van der Waals surface area contributed by atoms with Gasteiger partial charge in [-0.3, -0.25) is 14.5 Å². The summed E-state index contributed by atoms with van der Waals surface area (Å²) in [5.74, 6) is -0.691. The third kappa shape index (κ3) is 5.04. The number of ether oxygens (including phenoxy) is 2. The van der Waals surface area contributed by atoms with E-state index in [1.54, 1.807) is 43.6 Å². The molecule has 0 unspecified atom stereocenters. The lowest BCUT2D eigenvalue weighted by atomic mass is 10.1. The molecule has 7 nitrogen and oxygen atoms in total. The van der Waals surface area contributed by atoms with Crippen molar-refractivity contribution < 1.29 is 23.0 Å². The van der Waals surface area contributed by atoms with E-state index < -0.39 is 11.6 Å². The van der Waals surface area contributed by atoms with E-state index >= 15 is 0 Å². The number of hydrogen-bond acceptors (Lipinski definition) is 5. The SMILES string of the molecule is Cc1c(Oc2ccnc(-c3cnn(C4COC4)c3)c2)cccc1C(=O)NCc1cc(F)cc(F)c1. The van der Waals surface area contributed by atoms with Crippen LogP contribution in [-0.4, -0.2) is 33.9 Å². The van der Waals surface area contributed by atoms with E-state index in [4.69, 9.17) is 9.47 Å². The molecule has 0 atom stereocenters. The van der Waals surface area contributed by atoms with Crippen molar-refractivity contribution in [3.05, 3.63) is 95.4 Å². The van der Waals surface area contributed by atoms with Gasteiger partial charge in [-0.25, -0.2) is 8.78 Å². The van der Waals surface area contributed by atoms with Gasteiger partial charge in [-0.15, -0.1) is 0 Å². The first-order valence-electron chi connectivity index (χ1n) is 11.1. The van der Waals surface area contributed by atoms with Crippen molar-refractivity contribution in [3.63, 3.8) is 0 Å². The van der Waals surface area contributed by atoms with Gasteiger partial charge in [0.05, 0.1) is 31.1 Å². The number of carbonyl (C=O) groups is 1. The van der Waals surface area contributed by atoms with E-state index in [1.165, 1.54) is 12.1 Å². The normalized spacial score (nSPS) is 13.3. The quantitative estimate of drug-likeness (QED) is 0.414. The topological polar surface area (TPSA) is 78.3 Å². The highest BCUT2D eigenvalue weighted by atomic mass is 19.1. The Morgan fingerprint density at radius 1 is 1.17 bits per heavy atom. The Morgan fingerprint density at radius 3 is 2.71 bits per heavy atom. The molecule has 178 valence electrons. The molecule has 4 aromatic rings. The molecule has 1 N–H and O–H groups in total. The van der Waals surface area contributed by atoms with E-state index in [2.05, 4.69) is 15.4 Å². The third-order valence-corrected chi connectivity index (χ3v) is 5.76. The van der Waals surface area contributed by atoms with E-state index in [0.717, 1.165) is 11.6 Å². The summed E-state index contributed by atoms with van der Waals surface area (Å²) in [6.07, 6.45) is 5.34. The average molecular weight is 476 g/mol. The molecule has 1 aliphatic rings. The van der Waals surface area contributed by atoms with Crippen molar-refractivity contribution in [1.29, 1.82) is 0 Å². The largest absolute Gasteiger partial charge is 0.457 e. The Labute approximate surface area is 200 Å². The van der Waals surface area contributed by atoms with Crippen LogP contribution in [0.2, 0.25) is 0 Å². The summed E-state index contributed by atoms with van der Waals surface area (Å²) in [5, 5.41) is 7.09. The molecule has 2 aromatic carbocycles. The van der Waals surface area contributed by atoms with Gasteiger partial charge in [0.15, 0.2) is 0 Å². The molecular weight excluding hydrogens is 454 g/mol. The molecule has 1 aliphatic heterocycles. The van der Waals surface area contributed by atoms with Gasteiger partial charge >= 0.3 is 0 Å². The Bertz CT molecular complexity index is 1360. The summed E-state index contributed by atoms with van der Waals surface area (Å²) in [6.45, 7) is 3.07. The number of amides is 1. The Balaban J connectivity index is 1.30. The predicted molar refractivity (Wildman–Crippen MR) is 124 cm³/mol. The van der Waals surface area contributed by atoms with Crippen LogP contribution in [-0.2, 0) is 11.3 Å². The number of rotatable bonds is 7. The fourth-order valence-corrected chi connectivity index (χ4v) is 3.77. The van der Waals surface area contributed by atoms with Crippen LogP contribution >= 0.6 is 0 Å². The van der Waals surface area contributed by atoms with Crippen LogP contribution in [0.4, 0.5) is 8.78 Å². The minimum atomic E-state index is -0.693. The molecular formula is C26H22F2N4O3. The summed E-state index contributed by atoms with van der Waals surface area (Å²) in [6, 6.07) is 12.1. The smallest absolute Gasteiger partial charge is 0.251 e. The van der Waals surface area contributed by atoms with E-state index in [1.807, 2.05) is 16.9 Å². The fourth-order valence-electron chi connectivity index (χ4n) is 3.77. The molecule has 35 heavy (non-hydrogen) atoms. The summed E-state index contributed by atoms with van der Waals surface area (Å²) in [7, 11) is 0. The number of pyridine rings is 1. The molecule has 1 amide bonds. The number of aromatic nitrogens is 3. The molecule has 2 aromatic heterocycles. The van der Waals surface area contributed by atoms with Crippen LogP contribution < -0.4 is 10.1 Å².